The summed E-state index contributed by atoms with van der Waals surface area (Å²) in [5, 5.41) is 6.88. The third kappa shape index (κ3) is 3.33. The predicted octanol–water partition coefficient (Wildman–Crippen LogP) is 2.63. The largest absolute Gasteiger partial charge is 0.483 e. The Kier molecular flexibility index (Phi) is 4.68. The van der Waals surface area contributed by atoms with Gasteiger partial charge in [-0.05, 0) is 20.0 Å². The third-order valence-corrected chi connectivity index (χ3v) is 3.05. The highest BCUT2D eigenvalue weighted by molar-refractivity contribution is 5.36. The minimum absolute atomic E-state index is 0.0551. The average molecular weight is 279 g/mol. The molecule has 0 amide bonds. The van der Waals surface area contributed by atoms with Gasteiger partial charge >= 0.3 is 0 Å². The summed E-state index contributed by atoms with van der Waals surface area (Å²) < 4.78 is 24.0. The Bertz CT molecular complexity index is 571. The third-order valence-electron chi connectivity index (χ3n) is 3.05. The second kappa shape index (κ2) is 6.47. The zero-order valence-corrected chi connectivity index (χ0v) is 11.8. The van der Waals surface area contributed by atoms with Crippen LogP contribution in [0.2, 0.25) is 0 Å². The molecular weight excluding hydrogens is 261 g/mol. The van der Waals surface area contributed by atoms with Gasteiger partial charge in [0.1, 0.15) is 11.6 Å². The monoisotopic (exact) mass is 279 g/mol. The molecule has 0 bridgehead atoms. The molecule has 0 saturated carbocycles. The van der Waals surface area contributed by atoms with Crippen LogP contribution in [-0.4, -0.2) is 17.2 Å². The summed E-state index contributed by atoms with van der Waals surface area (Å²) in [5.41, 5.74) is 0.879. The van der Waals surface area contributed by atoms with Crippen molar-refractivity contribution in [2.24, 2.45) is 0 Å². The van der Waals surface area contributed by atoms with E-state index in [9.17, 15) is 4.39 Å². The number of aryl methyl sites for hydroxylation is 1. The molecule has 6 heteroatoms. The topological polar surface area (TPSA) is 60.2 Å². The van der Waals surface area contributed by atoms with E-state index in [1.165, 1.54) is 12.1 Å². The lowest BCUT2D eigenvalue weighted by Gasteiger charge is -2.15. The molecule has 1 aromatic heterocycles. The SMILES string of the molecule is CCc1noc(COc2cc(F)ccc2C(C)NC)n1. The number of hydrogen-bond acceptors (Lipinski definition) is 5. The first-order chi connectivity index (χ1) is 9.63. The Morgan fingerprint density at radius 3 is 2.90 bits per heavy atom. The number of aromatic nitrogens is 2. The van der Waals surface area contributed by atoms with Gasteiger partial charge in [-0.15, -0.1) is 0 Å². The first-order valence-electron chi connectivity index (χ1n) is 6.55. The molecule has 0 aliphatic heterocycles. The van der Waals surface area contributed by atoms with Gasteiger partial charge < -0.3 is 14.6 Å². The Hall–Kier alpha value is -1.95. The average Bonchev–Trinajstić information content (AvgIpc) is 2.92. The molecule has 1 N–H and O–H groups in total. The number of rotatable bonds is 6. The number of benzene rings is 1. The molecule has 0 spiro atoms. The van der Waals surface area contributed by atoms with E-state index in [2.05, 4.69) is 15.5 Å². The summed E-state index contributed by atoms with van der Waals surface area (Å²) in [6.45, 7) is 4.04. The van der Waals surface area contributed by atoms with E-state index in [-0.39, 0.29) is 18.5 Å². The number of halogens is 1. The molecule has 0 saturated heterocycles. The van der Waals surface area contributed by atoms with Crippen molar-refractivity contribution in [3.8, 4) is 5.75 Å². The summed E-state index contributed by atoms with van der Waals surface area (Å²) in [4.78, 5) is 4.15. The second-order valence-corrected chi connectivity index (χ2v) is 4.44. The lowest BCUT2D eigenvalue weighted by molar-refractivity contribution is 0.238. The summed E-state index contributed by atoms with van der Waals surface area (Å²) >= 11 is 0. The Labute approximate surface area is 117 Å². The Morgan fingerprint density at radius 1 is 1.45 bits per heavy atom. The van der Waals surface area contributed by atoms with Gasteiger partial charge in [0.2, 0.25) is 0 Å². The van der Waals surface area contributed by atoms with Crippen LogP contribution < -0.4 is 10.1 Å². The van der Waals surface area contributed by atoms with Crippen molar-refractivity contribution in [3.63, 3.8) is 0 Å². The molecule has 5 nitrogen and oxygen atoms in total. The van der Waals surface area contributed by atoms with Gasteiger partial charge in [0.05, 0.1) is 0 Å². The van der Waals surface area contributed by atoms with E-state index >= 15 is 0 Å². The quantitative estimate of drug-likeness (QED) is 0.880. The van der Waals surface area contributed by atoms with Crippen LogP contribution in [0.25, 0.3) is 0 Å². The van der Waals surface area contributed by atoms with Crippen molar-refractivity contribution >= 4 is 0 Å². The van der Waals surface area contributed by atoms with Crippen LogP contribution in [0.15, 0.2) is 22.7 Å². The molecule has 108 valence electrons. The van der Waals surface area contributed by atoms with E-state index in [0.29, 0.717) is 23.9 Å². The van der Waals surface area contributed by atoms with E-state index in [1.54, 1.807) is 6.07 Å². The molecule has 2 aromatic rings. The Balaban J connectivity index is 2.13. The van der Waals surface area contributed by atoms with Crippen molar-refractivity contribution in [3.05, 3.63) is 41.3 Å². The van der Waals surface area contributed by atoms with Crippen LogP contribution in [0.3, 0.4) is 0 Å². The molecule has 20 heavy (non-hydrogen) atoms. The van der Waals surface area contributed by atoms with Gasteiger partial charge in [-0.2, -0.15) is 4.98 Å². The molecule has 1 unspecified atom stereocenters. The molecule has 1 aromatic carbocycles. The van der Waals surface area contributed by atoms with Gasteiger partial charge in [0, 0.05) is 24.1 Å². The maximum Gasteiger partial charge on any atom is 0.264 e. The van der Waals surface area contributed by atoms with Crippen LogP contribution in [0.4, 0.5) is 4.39 Å². The summed E-state index contributed by atoms with van der Waals surface area (Å²) in [6, 6.07) is 4.54. The second-order valence-electron chi connectivity index (χ2n) is 4.44. The fraction of sp³-hybridized carbons (Fsp3) is 0.429. The summed E-state index contributed by atoms with van der Waals surface area (Å²) in [5.74, 6) is 1.15. The fourth-order valence-corrected chi connectivity index (χ4v) is 1.78. The van der Waals surface area contributed by atoms with Crippen LogP contribution >= 0.6 is 0 Å². The van der Waals surface area contributed by atoms with Gasteiger partial charge in [-0.25, -0.2) is 4.39 Å². The van der Waals surface area contributed by atoms with Crippen LogP contribution in [0.5, 0.6) is 5.75 Å². The first-order valence-corrected chi connectivity index (χ1v) is 6.55. The fourth-order valence-electron chi connectivity index (χ4n) is 1.78. The molecule has 1 heterocycles. The van der Waals surface area contributed by atoms with Gasteiger partial charge in [-0.3, -0.25) is 0 Å². The number of nitrogens with one attached hydrogen (secondary N) is 1. The molecule has 0 fully saturated rings. The van der Waals surface area contributed by atoms with E-state index < -0.39 is 0 Å². The highest BCUT2D eigenvalue weighted by atomic mass is 19.1. The normalized spacial score (nSPS) is 12.4. The smallest absolute Gasteiger partial charge is 0.264 e. The predicted molar refractivity (Wildman–Crippen MR) is 71.9 cm³/mol. The minimum atomic E-state index is -0.341. The summed E-state index contributed by atoms with van der Waals surface area (Å²) in [6.07, 6.45) is 0.700. The van der Waals surface area contributed by atoms with Gasteiger partial charge in [0.25, 0.3) is 5.89 Å². The van der Waals surface area contributed by atoms with Crippen molar-refractivity contribution in [1.82, 2.24) is 15.5 Å². The number of nitrogens with zero attached hydrogens (tertiary/aromatic N) is 2. The van der Waals surface area contributed by atoms with E-state index in [0.717, 1.165) is 5.56 Å². The van der Waals surface area contributed by atoms with Crippen molar-refractivity contribution < 1.29 is 13.7 Å². The standard InChI is InChI=1S/C14H18FN3O2/c1-4-13-17-14(20-18-13)8-19-12-7-10(15)5-6-11(12)9(2)16-3/h5-7,9,16H,4,8H2,1-3H3. The van der Waals surface area contributed by atoms with Gasteiger partial charge in [-0.1, -0.05) is 18.1 Å². The maximum absolute atomic E-state index is 13.3. The number of hydrogen-bond donors (Lipinski definition) is 1. The highest BCUT2D eigenvalue weighted by Crippen LogP contribution is 2.26. The molecular formula is C14H18FN3O2. The molecule has 1 atom stereocenters. The highest BCUT2D eigenvalue weighted by Gasteiger charge is 2.13. The number of ether oxygens (including phenoxy) is 1. The molecule has 0 radical (unpaired) electrons. The molecule has 0 aliphatic rings. The van der Waals surface area contributed by atoms with Gasteiger partial charge in [0.15, 0.2) is 12.4 Å². The van der Waals surface area contributed by atoms with E-state index in [1.807, 2.05) is 20.9 Å². The first kappa shape index (κ1) is 14.5. The minimum Gasteiger partial charge on any atom is -0.483 e. The Morgan fingerprint density at radius 2 is 2.25 bits per heavy atom. The van der Waals surface area contributed by atoms with Crippen molar-refractivity contribution in [1.29, 1.82) is 0 Å². The summed E-state index contributed by atoms with van der Waals surface area (Å²) in [7, 11) is 1.84. The zero-order valence-electron chi connectivity index (χ0n) is 11.8. The van der Waals surface area contributed by atoms with Crippen molar-refractivity contribution in [2.75, 3.05) is 7.05 Å². The molecule has 2 rings (SSSR count). The van der Waals surface area contributed by atoms with E-state index in [4.69, 9.17) is 9.26 Å². The lowest BCUT2D eigenvalue weighted by atomic mass is 10.1. The van der Waals surface area contributed by atoms with Crippen LogP contribution in [-0.2, 0) is 13.0 Å². The zero-order chi connectivity index (χ0) is 14.5. The molecule has 0 aliphatic carbocycles. The lowest BCUT2D eigenvalue weighted by Crippen LogP contribution is -2.14. The van der Waals surface area contributed by atoms with Crippen LogP contribution in [0.1, 0.15) is 37.2 Å². The van der Waals surface area contributed by atoms with Crippen molar-refractivity contribution in [2.45, 2.75) is 32.9 Å². The van der Waals surface area contributed by atoms with Crippen LogP contribution in [0, 0.1) is 5.82 Å². The maximum atomic E-state index is 13.3.